The van der Waals surface area contributed by atoms with E-state index in [4.69, 9.17) is 0 Å². The van der Waals surface area contributed by atoms with Crippen molar-refractivity contribution in [2.45, 2.75) is 26.3 Å². The number of carbonyl (C=O) groups is 2. The average Bonchev–Trinajstić information content (AvgIpc) is 3.28. The third-order valence-electron chi connectivity index (χ3n) is 5.14. The van der Waals surface area contributed by atoms with E-state index >= 15 is 0 Å². The van der Waals surface area contributed by atoms with Crippen LogP contribution in [0, 0.1) is 12.7 Å². The zero-order valence-corrected chi connectivity index (χ0v) is 15.7. The molecule has 2 fully saturated rings. The third-order valence-corrected chi connectivity index (χ3v) is 5.14. The molecule has 3 amide bonds. The summed E-state index contributed by atoms with van der Waals surface area (Å²) in [6.07, 6.45) is 3.63. The molecule has 2 saturated heterocycles. The first-order valence-electron chi connectivity index (χ1n) is 9.46. The fourth-order valence-corrected chi connectivity index (χ4v) is 3.67. The number of rotatable bonds is 4. The van der Waals surface area contributed by atoms with Gasteiger partial charge in [-0.05, 0) is 49.6 Å². The highest BCUT2D eigenvalue weighted by molar-refractivity contribution is 6.13. The largest absolute Gasteiger partial charge is 0.371 e. The highest BCUT2D eigenvalue weighted by atomic mass is 19.1. The molecular weight excluding hydrogens is 357 g/mol. The van der Waals surface area contributed by atoms with Crippen molar-refractivity contribution in [3.63, 3.8) is 0 Å². The van der Waals surface area contributed by atoms with Gasteiger partial charge >= 0.3 is 6.03 Å². The summed E-state index contributed by atoms with van der Waals surface area (Å²) < 4.78 is 14.6. The van der Waals surface area contributed by atoms with Crippen molar-refractivity contribution in [2.75, 3.05) is 18.0 Å². The van der Waals surface area contributed by atoms with Crippen molar-refractivity contribution in [1.82, 2.24) is 10.2 Å². The van der Waals surface area contributed by atoms with Gasteiger partial charge in [0.2, 0.25) is 0 Å². The Labute approximate surface area is 163 Å². The van der Waals surface area contributed by atoms with Gasteiger partial charge in [0, 0.05) is 24.3 Å². The maximum Gasteiger partial charge on any atom is 0.329 e. The molecule has 0 bridgehead atoms. The fraction of sp³-hybridized carbons (Fsp3) is 0.273. The molecule has 2 aliphatic rings. The molecule has 0 atom stereocenters. The van der Waals surface area contributed by atoms with Crippen molar-refractivity contribution < 1.29 is 14.0 Å². The summed E-state index contributed by atoms with van der Waals surface area (Å²) in [6, 6.07) is 12.1. The Bertz CT molecular complexity index is 964. The Kier molecular flexibility index (Phi) is 4.86. The monoisotopic (exact) mass is 379 g/mol. The second-order valence-corrected chi connectivity index (χ2v) is 7.27. The van der Waals surface area contributed by atoms with Crippen LogP contribution in [0.2, 0.25) is 0 Å². The zero-order valence-electron chi connectivity index (χ0n) is 15.7. The first kappa shape index (κ1) is 18.2. The van der Waals surface area contributed by atoms with Gasteiger partial charge in [-0.15, -0.1) is 0 Å². The summed E-state index contributed by atoms with van der Waals surface area (Å²) >= 11 is 0. The van der Waals surface area contributed by atoms with Crippen LogP contribution >= 0.6 is 0 Å². The minimum absolute atomic E-state index is 0.0884. The molecule has 0 unspecified atom stereocenters. The van der Waals surface area contributed by atoms with Crippen molar-refractivity contribution in [2.24, 2.45) is 0 Å². The SMILES string of the molecule is Cc1cccc(CN2C(=O)N/C(=C/c3ccc(N4CCCC4)cc3F)C2=O)c1. The Morgan fingerprint density at radius 3 is 2.61 bits per heavy atom. The second-order valence-electron chi connectivity index (χ2n) is 7.27. The van der Waals surface area contributed by atoms with Crippen LogP contribution in [0.1, 0.15) is 29.5 Å². The Morgan fingerprint density at radius 2 is 1.89 bits per heavy atom. The highest BCUT2D eigenvalue weighted by Gasteiger charge is 2.33. The number of halogens is 1. The van der Waals surface area contributed by atoms with Crippen LogP contribution in [-0.2, 0) is 11.3 Å². The predicted octanol–water partition coefficient (Wildman–Crippen LogP) is 3.83. The highest BCUT2D eigenvalue weighted by Crippen LogP contribution is 2.25. The quantitative estimate of drug-likeness (QED) is 0.649. The van der Waals surface area contributed by atoms with E-state index < -0.39 is 17.8 Å². The molecule has 2 aromatic rings. The normalized spacial score (nSPS) is 18.3. The average molecular weight is 379 g/mol. The van der Waals surface area contributed by atoms with Crippen LogP contribution in [0.25, 0.3) is 6.08 Å². The molecule has 144 valence electrons. The van der Waals surface area contributed by atoms with E-state index in [0.717, 1.165) is 47.6 Å². The number of hydrogen-bond acceptors (Lipinski definition) is 3. The number of carbonyl (C=O) groups excluding carboxylic acids is 2. The van der Waals surface area contributed by atoms with Gasteiger partial charge in [-0.1, -0.05) is 29.8 Å². The predicted molar refractivity (Wildman–Crippen MR) is 106 cm³/mol. The van der Waals surface area contributed by atoms with Crippen LogP contribution in [0.3, 0.4) is 0 Å². The molecule has 2 heterocycles. The molecule has 2 aliphatic heterocycles. The van der Waals surface area contributed by atoms with E-state index in [-0.39, 0.29) is 17.8 Å². The topological polar surface area (TPSA) is 52.7 Å². The molecule has 0 aromatic heterocycles. The number of hydrogen-bond donors (Lipinski definition) is 1. The summed E-state index contributed by atoms with van der Waals surface area (Å²) in [5.74, 6) is -0.856. The lowest BCUT2D eigenvalue weighted by atomic mass is 10.1. The zero-order chi connectivity index (χ0) is 19.7. The van der Waals surface area contributed by atoms with Gasteiger partial charge in [-0.3, -0.25) is 9.69 Å². The molecule has 0 saturated carbocycles. The molecular formula is C22H22FN3O2. The summed E-state index contributed by atoms with van der Waals surface area (Å²) in [5.41, 5.74) is 3.14. The van der Waals surface area contributed by atoms with Gasteiger partial charge < -0.3 is 10.2 Å². The maximum absolute atomic E-state index is 14.6. The summed E-state index contributed by atoms with van der Waals surface area (Å²) in [4.78, 5) is 28.2. The van der Waals surface area contributed by atoms with Crippen LogP contribution in [0.4, 0.5) is 14.9 Å². The van der Waals surface area contributed by atoms with E-state index in [2.05, 4.69) is 10.2 Å². The molecule has 5 nitrogen and oxygen atoms in total. The maximum atomic E-state index is 14.6. The van der Waals surface area contributed by atoms with Crippen molar-refractivity contribution in [1.29, 1.82) is 0 Å². The fourth-order valence-electron chi connectivity index (χ4n) is 3.67. The Balaban J connectivity index is 1.53. The first-order valence-corrected chi connectivity index (χ1v) is 9.46. The summed E-state index contributed by atoms with van der Waals surface area (Å²) in [5, 5.41) is 2.56. The van der Waals surface area contributed by atoms with Gasteiger partial charge in [0.05, 0.1) is 6.54 Å². The molecule has 28 heavy (non-hydrogen) atoms. The standard InChI is InChI=1S/C22H22FN3O2/c1-15-5-4-6-16(11-15)14-26-21(27)20(24-22(26)28)12-17-7-8-18(13-19(17)23)25-9-2-3-10-25/h4-8,11-13H,2-3,9-10,14H2,1H3,(H,24,28)/b20-12+. The molecule has 0 spiro atoms. The van der Waals surface area contributed by atoms with Crippen LogP contribution in [0.5, 0.6) is 0 Å². The van der Waals surface area contributed by atoms with Crippen molar-refractivity contribution >= 4 is 23.7 Å². The van der Waals surface area contributed by atoms with Gasteiger partial charge in [0.1, 0.15) is 11.5 Å². The van der Waals surface area contributed by atoms with E-state index in [1.165, 1.54) is 12.1 Å². The number of benzene rings is 2. The van der Waals surface area contributed by atoms with E-state index in [1.807, 2.05) is 37.3 Å². The molecule has 4 rings (SSSR count). The van der Waals surface area contributed by atoms with Gasteiger partial charge in [-0.25, -0.2) is 9.18 Å². The minimum atomic E-state index is -0.494. The number of anilines is 1. The Hall–Kier alpha value is -3.15. The van der Waals surface area contributed by atoms with Gasteiger partial charge in [0.15, 0.2) is 0 Å². The van der Waals surface area contributed by atoms with Crippen LogP contribution in [0.15, 0.2) is 48.2 Å². The number of aryl methyl sites for hydroxylation is 1. The smallest absolute Gasteiger partial charge is 0.329 e. The number of amides is 3. The van der Waals surface area contributed by atoms with E-state index in [1.54, 1.807) is 6.07 Å². The van der Waals surface area contributed by atoms with Crippen molar-refractivity contribution in [3.8, 4) is 0 Å². The molecule has 1 N–H and O–H groups in total. The molecule has 0 radical (unpaired) electrons. The number of nitrogens with zero attached hydrogens (tertiary/aromatic N) is 2. The van der Waals surface area contributed by atoms with Gasteiger partial charge in [0.25, 0.3) is 5.91 Å². The molecule has 6 heteroatoms. The lowest BCUT2D eigenvalue weighted by Crippen LogP contribution is -2.30. The Morgan fingerprint density at radius 1 is 1.11 bits per heavy atom. The molecule has 2 aromatic carbocycles. The number of imide groups is 1. The van der Waals surface area contributed by atoms with Crippen molar-refractivity contribution in [3.05, 3.63) is 70.7 Å². The van der Waals surface area contributed by atoms with Crippen LogP contribution in [-0.4, -0.2) is 29.9 Å². The first-order chi connectivity index (χ1) is 13.5. The number of nitrogens with one attached hydrogen (secondary N) is 1. The molecule has 0 aliphatic carbocycles. The lowest BCUT2D eigenvalue weighted by molar-refractivity contribution is -0.123. The lowest BCUT2D eigenvalue weighted by Gasteiger charge is -2.17. The van der Waals surface area contributed by atoms with E-state index in [0.29, 0.717) is 0 Å². The van der Waals surface area contributed by atoms with Gasteiger partial charge in [-0.2, -0.15) is 0 Å². The second kappa shape index (κ2) is 7.46. The van der Waals surface area contributed by atoms with Crippen LogP contribution < -0.4 is 10.2 Å². The third kappa shape index (κ3) is 3.63. The van der Waals surface area contributed by atoms with E-state index in [9.17, 15) is 14.0 Å². The number of urea groups is 1. The summed E-state index contributed by atoms with van der Waals surface area (Å²) in [7, 11) is 0. The minimum Gasteiger partial charge on any atom is -0.371 e. The summed E-state index contributed by atoms with van der Waals surface area (Å²) in [6.45, 7) is 4.00.